The number of rotatable bonds is 4. The molecule has 0 aromatic carbocycles. The number of hydrogen-bond acceptors (Lipinski definition) is 1. The number of ketones is 1. The van der Waals surface area contributed by atoms with E-state index in [1.807, 2.05) is 6.92 Å². The van der Waals surface area contributed by atoms with Gasteiger partial charge in [-0.15, -0.1) is 0 Å². The third kappa shape index (κ3) is 3.75. The molecule has 0 atom stereocenters. The molecule has 0 amide bonds. The van der Waals surface area contributed by atoms with E-state index in [1.165, 1.54) is 32.1 Å². The highest BCUT2D eigenvalue weighted by molar-refractivity contribution is 5.93. The Labute approximate surface area is 81.2 Å². The van der Waals surface area contributed by atoms with Gasteiger partial charge in [-0.1, -0.05) is 38.7 Å². The van der Waals surface area contributed by atoms with Crippen LogP contribution in [0, 0.1) is 5.92 Å². The molecule has 0 unspecified atom stereocenters. The summed E-state index contributed by atoms with van der Waals surface area (Å²) in [7, 11) is 0. The Balaban J connectivity index is 2.17. The van der Waals surface area contributed by atoms with Gasteiger partial charge < -0.3 is 0 Å². The quantitative estimate of drug-likeness (QED) is 0.605. The van der Waals surface area contributed by atoms with E-state index < -0.39 is 0 Å². The summed E-state index contributed by atoms with van der Waals surface area (Å²) in [5.41, 5.74) is 0.718. The fourth-order valence-corrected chi connectivity index (χ4v) is 2.02. The van der Waals surface area contributed by atoms with Crippen LogP contribution in [0.5, 0.6) is 0 Å². The van der Waals surface area contributed by atoms with Crippen molar-refractivity contribution in [1.29, 1.82) is 0 Å². The maximum Gasteiger partial charge on any atom is 0.157 e. The topological polar surface area (TPSA) is 17.1 Å². The van der Waals surface area contributed by atoms with Gasteiger partial charge in [0.25, 0.3) is 0 Å². The normalized spacial score (nSPS) is 18.5. The summed E-state index contributed by atoms with van der Waals surface area (Å²) in [4.78, 5) is 11.3. The molecule has 0 N–H and O–H groups in total. The minimum atomic E-state index is 0.255. The van der Waals surface area contributed by atoms with Crippen LogP contribution in [-0.2, 0) is 4.79 Å². The molecule has 0 aliphatic heterocycles. The van der Waals surface area contributed by atoms with E-state index in [0.29, 0.717) is 0 Å². The molecule has 0 saturated heterocycles. The molecule has 0 heterocycles. The summed E-state index contributed by atoms with van der Waals surface area (Å²) in [6.45, 7) is 5.48. The van der Waals surface area contributed by atoms with Crippen molar-refractivity contribution in [2.45, 2.75) is 51.9 Å². The summed E-state index contributed by atoms with van der Waals surface area (Å²) in [5, 5.41) is 0. The van der Waals surface area contributed by atoms with Crippen LogP contribution in [0.3, 0.4) is 0 Å². The lowest BCUT2D eigenvalue weighted by Gasteiger charge is -2.20. The van der Waals surface area contributed by atoms with E-state index in [0.717, 1.165) is 24.3 Å². The first-order chi connectivity index (χ1) is 6.20. The molecule has 1 rings (SSSR count). The first kappa shape index (κ1) is 10.5. The highest BCUT2D eigenvalue weighted by Gasteiger charge is 2.14. The van der Waals surface area contributed by atoms with Crippen molar-refractivity contribution in [2.75, 3.05) is 0 Å². The second-order valence-corrected chi connectivity index (χ2v) is 4.25. The van der Waals surface area contributed by atoms with Crippen LogP contribution >= 0.6 is 0 Å². The number of carbonyl (C=O) groups excluding carboxylic acids is 1. The molecule has 1 nitrogen and oxygen atoms in total. The van der Waals surface area contributed by atoms with E-state index in [1.54, 1.807) is 0 Å². The first-order valence-electron chi connectivity index (χ1n) is 5.39. The van der Waals surface area contributed by atoms with Crippen LogP contribution in [-0.4, -0.2) is 5.78 Å². The Hall–Kier alpha value is -0.590. The third-order valence-electron chi connectivity index (χ3n) is 2.98. The fraction of sp³-hybridized carbons (Fsp3) is 0.750. The number of allylic oxidation sites excluding steroid dienone is 1. The van der Waals surface area contributed by atoms with Gasteiger partial charge in [0.15, 0.2) is 5.78 Å². The van der Waals surface area contributed by atoms with Gasteiger partial charge in [0.2, 0.25) is 0 Å². The Morgan fingerprint density at radius 3 is 2.46 bits per heavy atom. The monoisotopic (exact) mass is 180 g/mol. The van der Waals surface area contributed by atoms with Crippen LogP contribution in [0.4, 0.5) is 0 Å². The van der Waals surface area contributed by atoms with Crippen molar-refractivity contribution in [3.8, 4) is 0 Å². The zero-order valence-corrected chi connectivity index (χ0v) is 8.64. The Morgan fingerprint density at radius 1 is 1.31 bits per heavy atom. The summed E-state index contributed by atoms with van der Waals surface area (Å²) >= 11 is 0. The van der Waals surface area contributed by atoms with Crippen LogP contribution in [0.25, 0.3) is 0 Å². The predicted octanol–water partition coefficient (Wildman–Crippen LogP) is 3.49. The molecular weight excluding hydrogens is 160 g/mol. The smallest absolute Gasteiger partial charge is 0.157 e. The van der Waals surface area contributed by atoms with E-state index in [4.69, 9.17) is 0 Å². The Bertz CT molecular complexity index is 187. The van der Waals surface area contributed by atoms with Crippen LogP contribution < -0.4 is 0 Å². The zero-order chi connectivity index (χ0) is 9.68. The molecule has 1 saturated carbocycles. The first-order valence-corrected chi connectivity index (χ1v) is 5.39. The van der Waals surface area contributed by atoms with Gasteiger partial charge in [-0.2, -0.15) is 0 Å². The third-order valence-corrected chi connectivity index (χ3v) is 2.98. The lowest BCUT2D eigenvalue weighted by atomic mass is 9.85. The van der Waals surface area contributed by atoms with Crippen molar-refractivity contribution < 1.29 is 4.79 Å². The summed E-state index contributed by atoms with van der Waals surface area (Å²) in [5.74, 6) is 1.07. The van der Waals surface area contributed by atoms with E-state index in [-0.39, 0.29) is 5.78 Å². The minimum Gasteiger partial charge on any atom is -0.295 e. The van der Waals surface area contributed by atoms with E-state index in [9.17, 15) is 4.79 Å². The molecule has 1 heteroatoms. The minimum absolute atomic E-state index is 0.255. The molecule has 0 radical (unpaired) electrons. The molecule has 1 aliphatic rings. The van der Waals surface area contributed by atoms with Crippen LogP contribution in [0.1, 0.15) is 51.9 Å². The van der Waals surface area contributed by atoms with Gasteiger partial charge in [0.1, 0.15) is 0 Å². The van der Waals surface area contributed by atoms with E-state index >= 15 is 0 Å². The van der Waals surface area contributed by atoms with Crippen molar-refractivity contribution >= 4 is 5.78 Å². The molecule has 1 aliphatic carbocycles. The lowest BCUT2D eigenvalue weighted by molar-refractivity contribution is -0.115. The molecule has 0 spiro atoms. The largest absolute Gasteiger partial charge is 0.295 e. The molecule has 13 heavy (non-hydrogen) atoms. The highest BCUT2D eigenvalue weighted by atomic mass is 16.1. The Kier molecular flexibility index (Phi) is 4.20. The molecule has 0 bridgehead atoms. The van der Waals surface area contributed by atoms with Crippen LogP contribution in [0.2, 0.25) is 0 Å². The van der Waals surface area contributed by atoms with Crippen molar-refractivity contribution in [3.05, 3.63) is 12.2 Å². The predicted molar refractivity (Wildman–Crippen MR) is 55.6 cm³/mol. The molecule has 0 aromatic rings. The van der Waals surface area contributed by atoms with Crippen LogP contribution in [0.15, 0.2) is 12.2 Å². The summed E-state index contributed by atoms with van der Waals surface area (Å²) < 4.78 is 0. The fourth-order valence-electron chi connectivity index (χ4n) is 2.02. The van der Waals surface area contributed by atoms with Gasteiger partial charge in [-0.25, -0.2) is 0 Å². The van der Waals surface area contributed by atoms with Gasteiger partial charge in [0, 0.05) is 6.42 Å². The number of Topliss-reactive ketones (excluding diaryl/α,β-unsaturated/α-hetero) is 1. The van der Waals surface area contributed by atoms with Crippen molar-refractivity contribution in [2.24, 2.45) is 5.92 Å². The van der Waals surface area contributed by atoms with Gasteiger partial charge in [0.05, 0.1) is 0 Å². The maximum absolute atomic E-state index is 11.3. The molecule has 1 fully saturated rings. The standard InChI is InChI=1S/C12H20O/c1-10(2)12(13)9-8-11-6-4-3-5-7-11/h11H,1,3-9H2,2H3. The Morgan fingerprint density at radius 2 is 1.92 bits per heavy atom. The molecular formula is C12H20O. The summed E-state index contributed by atoms with van der Waals surface area (Å²) in [6, 6.07) is 0. The zero-order valence-electron chi connectivity index (χ0n) is 8.64. The van der Waals surface area contributed by atoms with Gasteiger partial charge in [-0.3, -0.25) is 4.79 Å². The molecule has 0 aromatic heterocycles. The van der Waals surface area contributed by atoms with Gasteiger partial charge >= 0.3 is 0 Å². The van der Waals surface area contributed by atoms with Crippen molar-refractivity contribution in [3.63, 3.8) is 0 Å². The SMILES string of the molecule is C=C(C)C(=O)CCC1CCCCC1. The van der Waals surface area contributed by atoms with Gasteiger partial charge in [-0.05, 0) is 24.8 Å². The molecule has 74 valence electrons. The average molecular weight is 180 g/mol. The maximum atomic E-state index is 11.3. The highest BCUT2D eigenvalue weighted by Crippen LogP contribution is 2.27. The lowest BCUT2D eigenvalue weighted by Crippen LogP contribution is -2.09. The number of carbonyl (C=O) groups is 1. The van der Waals surface area contributed by atoms with Crippen molar-refractivity contribution in [1.82, 2.24) is 0 Å². The van der Waals surface area contributed by atoms with E-state index in [2.05, 4.69) is 6.58 Å². The average Bonchev–Trinajstić information content (AvgIpc) is 2.15. The second-order valence-electron chi connectivity index (χ2n) is 4.25. The second kappa shape index (κ2) is 5.21. The number of hydrogen-bond donors (Lipinski definition) is 0. The summed E-state index contributed by atoms with van der Waals surface area (Å²) in [6.07, 6.45) is 8.61.